The van der Waals surface area contributed by atoms with Gasteiger partial charge in [-0.1, -0.05) is 28.1 Å². The second kappa shape index (κ2) is 11.4. The van der Waals surface area contributed by atoms with Crippen LogP contribution in [0.1, 0.15) is 44.1 Å². The van der Waals surface area contributed by atoms with E-state index in [4.69, 9.17) is 19.9 Å². The van der Waals surface area contributed by atoms with E-state index in [0.29, 0.717) is 0 Å². The van der Waals surface area contributed by atoms with E-state index in [0.717, 1.165) is 73.5 Å². The van der Waals surface area contributed by atoms with E-state index in [1.54, 1.807) is 11.3 Å². The minimum absolute atomic E-state index is 0.726. The van der Waals surface area contributed by atoms with Gasteiger partial charge in [0, 0.05) is 36.9 Å². The Morgan fingerprint density at radius 2 is 1.43 bits per heavy atom. The maximum atomic E-state index is 4.91. The zero-order valence-electron chi connectivity index (χ0n) is 20.5. The van der Waals surface area contributed by atoms with Crippen LogP contribution in [-0.2, 0) is 0 Å². The molecule has 0 unspecified atom stereocenters. The quantitative estimate of drug-likeness (QED) is 0.220. The van der Waals surface area contributed by atoms with Gasteiger partial charge in [-0.25, -0.2) is 4.98 Å². The number of halogens is 1. The van der Waals surface area contributed by atoms with Gasteiger partial charge in [0.05, 0.1) is 15.9 Å². The number of benzene rings is 2. The summed E-state index contributed by atoms with van der Waals surface area (Å²) in [6, 6.07) is 14.3. The van der Waals surface area contributed by atoms with Crippen molar-refractivity contribution in [1.29, 1.82) is 0 Å². The third kappa shape index (κ3) is 6.13. The second-order valence-corrected chi connectivity index (χ2v) is 12.5. The standard InChI is InChI=1S/C27H28BrN7S2/c28-20-9-7-19(8-10-20)18-29-21-11-12-22-23(17-21)36-27(30-22)37-26-32-24(34-13-3-1-4-14-34)31-25(33-26)35-15-5-2-6-16-35/h7-12,17-18H,1-6,13-16H2. The zero-order valence-corrected chi connectivity index (χ0v) is 23.7. The number of aliphatic imine (C=N–C) groups is 1. The fourth-order valence-electron chi connectivity index (χ4n) is 4.64. The van der Waals surface area contributed by atoms with Crippen molar-refractivity contribution in [2.24, 2.45) is 4.99 Å². The van der Waals surface area contributed by atoms with E-state index < -0.39 is 0 Å². The Morgan fingerprint density at radius 3 is 2.08 bits per heavy atom. The summed E-state index contributed by atoms with van der Waals surface area (Å²) in [5.74, 6) is 1.62. The van der Waals surface area contributed by atoms with Crippen LogP contribution in [0.15, 0.2) is 61.4 Å². The molecule has 2 aromatic heterocycles. The van der Waals surface area contributed by atoms with Crippen molar-refractivity contribution in [3.05, 3.63) is 52.5 Å². The van der Waals surface area contributed by atoms with Crippen molar-refractivity contribution in [3.8, 4) is 0 Å². The SMILES string of the molecule is Brc1ccc(C=Nc2ccc3nc(Sc4nc(N5CCCCC5)nc(N5CCCCC5)n4)sc3c2)cc1. The maximum absolute atomic E-state index is 4.91. The number of hydrogen-bond donors (Lipinski definition) is 0. The van der Waals surface area contributed by atoms with Gasteiger partial charge in [-0.05, 0) is 86.2 Å². The summed E-state index contributed by atoms with van der Waals surface area (Å²) >= 11 is 6.67. The molecule has 0 amide bonds. The first kappa shape index (κ1) is 24.8. The normalized spacial score (nSPS) is 16.7. The molecule has 37 heavy (non-hydrogen) atoms. The highest BCUT2D eigenvalue weighted by Crippen LogP contribution is 2.36. The van der Waals surface area contributed by atoms with E-state index in [1.807, 2.05) is 42.6 Å². The number of fused-ring (bicyclic) bond motifs is 1. The van der Waals surface area contributed by atoms with Gasteiger partial charge >= 0.3 is 0 Å². The lowest BCUT2D eigenvalue weighted by Crippen LogP contribution is -2.34. The third-order valence-corrected chi connectivity index (χ3v) is 9.11. The van der Waals surface area contributed by atoms with Crippen LogP contribution in [0.3, 0.4) is 0 Å². The number of aromatic nitrogens is 4. The molecular weight excluding hydrogens is 566 g/mol. The van der Waals surface area contributed by atoms with Crippen LogP contribution in [0.5, 0.6) is 0 Å². The first-order valence-electron chi connectivity index (χ1n) is 12.8. The Hall–Kier alpha value is -2.56. The fraction of sp³-hybridized carbons (Fsp3) is 0.370. The maximum Gasteiger partial charge on any atom is 0.231 e. The smallest absolute Gasteiger partial charge is 0.231 e. The van der Waals surface area contributed by atoms with Crippen LogP contribution in [0.2, 0.25) is 0 Å². The molecule has 2 aromatic carbocycles. The molecule has 2 aliphatic heterocycles. The number of hydrogen-bond acceptors (Lipinski definition) is 9. The summed E-state index contributed by atoms with van der Waals surface area (Å²) < 4.78 is 3.10. The van der Waals surface area contributed by atoms with Gasteiger partial charge < -0.3 is 9.80 Å². The van der Waals surface area contributed by atoms with Crippen molar-refractivity contribution in [2.75, 3.05) is 36.0 Å². The molecule has 6 rings (SSSR count). The van der Waals surface area contributed by atoms with Gasteiger partial charge in [0.25, 0.3) is 0 Å². The van der Waals surface area contributed by atoms with Gasteiger partial charge in [-0.2, -0.15) is 15.0 Å². The molecule has 0 aliphatic carbocycles. The highest BCUT2D eigenvalue weighted by Gasteiger charge is 2.21. The van der Waals surface area contributed by atoms with Crippen molar-refractivity contribution in [1.82, 2.24) is 19.9 Å². The van der Waals surface area contributed by atoms with Crippen molar-refractivity contribution < 1.29 is 0 Å². The molecule has 190 valence electrons. The number of nitrogens with zero attached hydrogens (tertiary/aromatic N) is 7. The van der Waals surface area contributed by atoms with Gasteiger partial charge in [-0.3, -0.25) is 4.99 Å². The van der Waals surface area contributed by atoms with E-state index in [1.165, 1.54) is 50.3 Å². The lowest BCUT2D eigenvalue weighted by molar-refractivity contribution is 0.551. The van der Waals surface area contributed by atoms with E-state index in [-0.39, 0.29) is 0 Å². The average molecular weight is 595 g/mol. The molecular formula is C27H28BrN7S2. The fourth-order valence-corrected chi connectivity index (χ4v) is 6.85. The Balaban J connectivity index is 1.25. The molecule has 2 aliphatic rings. The summed E-state index contributed by atoms with van der Waals surface area (Å²) in [4.78, 5) is 28.8. The van der Waals surface area contributed by atoms with E-state index in [9.17, 15) is 0 Å². The molecule has 2 fully saturated rings. The number of thiazole rings is 1. The van der Waals surface area contributed by atoms with Gasteiger partial charge in [0.1, 0.15) is 0 Å². The lowest BCUT2D eigenvalue weighted by atomic mass is 10.1. The molecule has 2 saturated heterocycles. The van der Waals surface area contributed by atoms with Crippen molar-refractivity contribution in [2.45, 2.75) is 48.0 Å². The molecule has 0 atom stereocenters. The first-order chi connectivity index (χ1) is 18.2. The second-order valence-electron chi connectivity index (χ2n) is 9.36. The molecule has 0 saturated carbocycles. The number of piperidine rings is 2. The Labute approximate surface area is 233 Å². The molecule has 4 aromatic rings. The molecule has 10 heteroatoms. The average Bonchev–Trinajstić information content (AvgIpc) is 3.35. The molecule has 4 heterocycles. The van der Waals surface area contributed by atoms with Crippen LogP contribution >= 0.6 is 39.0 Å². The largest absolute Gasteiger partial charge is 0.341 e. The van der Waals surface area contributed by atoms with Crippen LogP contribution in [0.4, 0.5) is 17.6 Å². The third-order valence-electron chi connectivity index (χ3n) is 6.63. The Morgan fingerprint density at radius 1 is 0.784 bits per heavy atom. The monoisotopic (exact) mass is 593 g/mol. The minimum Gasteiger partial charge on any atom is -0.341 e. The number of rotatable bonds is 6. The highest BCUT2D eigenvalue weighted by atomic mass is 79.9. The van der Waals surface area contributed by atoms with Crippen LogP contribution in [0, 0.1) is 0 Å². The number of anilines is 2. The summed E-state index contributed by atoms with van der Waals surface area (Å²) in [5.41, 5.74) is 2.94. The topological polar surface area (TPSA) is 70.4 Å². The predicted octanol–water partition coefficient (Wildman–Crippen LogP) is 7.13. The molecule has 7 nitrogen and oxygen atoms in total. The van der Waals surface area contributed by atoms with Crippen LogP contribution in [0.25, 0.3) is 10.2 Å². The molecule has 0 N–H and O–H groups in total. The van der Waals surface area contributed by atoms with Crippen molar-refractivity contribution >= 4 is 73.0 Å². The minimum atomic E-state index is 0.726. The Kier molecular flexibility index (Phi) is 7.66. The van der Waals surface area contributed by atoms with Crippen molar-refractivity contribution in [3.63, 3.8) is 0 Å². The van der Waals surface area contributed by atoms with E-state index in [2.05, 4.69) is 36.8 Å². The predicted molar refractivity (Wildman–Crippen MR) is 157 cm³/mol. The zero-order chi connectivity index (χ0) is 25.0. The molecule has 0 bridgehead atoms. The van der Waals surface area contributed by atoms with Crippen LogP contribution < -0.4 is 9.80 Å². The Bertz CT molecular complexity index is 1360. The first-order valence-corrected chi connectivity index (χ1v) is 15.3. The summed E-state index contributed by atoms with van der Waals surface area (Å²) in [6.45, 7) is 4.05. The molecule has 0 radical (unpaired) electrons. The highest BCUT2D eigenvalue weighted by molar-refractivity contribution is 9.10. The summed E-state index contributed by atoms with van der Waals surface area (Å²) in [5, 5.41) is 0.726. The van der Waals surface area contributed by atoms with Crippen LogP contribution in [-0.4, -0.2) is 52.3 Å². The van der Waals surface area contributed by atoms with Gasteiger partial charge in [-0.15, -0.1) is 11.3 Å². The van der Waals surface area contributed by atoms with E-state index >= 15 is 0 Å². The summed E-state index contributed by atoms with van der Waals surface area (Å²) in [7, 11) is 0. The van der Waals surface area contributed by atoms with Gasteiger partial charge in [0.2, 0.25) is 17.1 Å². The summed E-state index contributed by atoms with van der Waals surface area (Å²) in [6.07, 6.45) is 9.22. The lowest BCUT2D eigenvalue weighted by Gasteiger charge is -2.30. The molecule has 0 spiro atoms. The van der Waals surface area contributed by atoms with Gasteiger partial charge in [0.15, 0.2) is 4.34 Å².